The highest BCUT2D eigenvalue weighted by Gasteiger charge is 2.39. The number of hydrogen-bond donors (Lipinski definition) is 1. The highest BCUT2D eigenvalue weighted by atomic mass is 16.5. The van der Waals surface area contributed by atoms with Crippen molar-refractivity contribution in [2.24, 2.45) is 11.8 Å². The molecule has 3 heterocycles. The summed E-state index contributed by atoms with van der Waals surface area (Å²) in [5.41, 5.74) is 7.12. The SMILES string of the molecule is COc1cc(-c2ccc([C@@H]3CCc4ccc(C(C5CC5)[C@H](C)C(=O)O)cc4O3)cc2CN2[C@@H](C)CCC[C@@H]2C)ccn1. The molecule has 3 aromatic rings. The molecule has 1 aromatic heterocycles. The normalized spacial score (nSPS) is 23.9. The fraction of sp³-hybridized carbons (Fsp3) is 0.500. The standard InChI is InChI=1S/C36H44N2O4/c1-22-6-5-7-23(2)38(22)21-30-18-28(12-14-31(30)27-16-17-37-34(20-27)41-4)32-15-13-25-8-11-29(19-33(25)42-32)35(26-9-10-26)24(3)36(39)40/h8,11-12,14,16-20,22-24,26,32,35H,5-7,9-10,13,15,21H2,1-4H3,(H,39,40)/t22-,23-,24-,32-,35?/m0/s1. The van der Waals surface area contributed by atoms with Crippen LogP contribution in [0.5, 0.6) is 11.6 Å². The number of aliphatic carboxylic acids is 1. The quantitative estimate of drug-likeness (QED) is 0.284. The number of methoxy groups -OCH3 is 1. The van der Waals surface area contributed by atoms with Crippen LogP contribution in [0.3, 0.4) is 0 Å². The van der Waals surface area contributed by atoms with Gasteiger partial charge in [-0.3, -0.25) is 9.69 Å². The van der Waals surface area contributed by atoms with E-state index in [4.69, 9.17) is 9.47 Å². The van der Waals surface area contributed by atoms with Crippen LogP contribution in [0.2, 0.25) is 0 Å². The number of aryl methyl sites for hydroxylation is 1. The first-order chi connectivity index (χ1) is 20.3. The number of carboxylic acids is 1. The Labute approximate surface area is 250 Å². The van der Waals surface area contributed by atoms with Crippen LogP contribution in [0.4, 0.5) is 0 Å². The Kier molecular flexibility index (Phi) is 8.26. The van der Waals surface area contributed by atoms with Crippen molar-refractivity contribution in [2.45, 2.75) is 96.4 Å². The van der Waals surface area contributed by atoms with Crippen molar-refractivity contribution in [2.75, 3.05) is 7.11 Å². The third-order valence-electron chi connectivity index (χ3n) is 9.96. The highest BCUT2D eigenvalue weighted by Crippen LogP contribution is 2.48. The molecular formula is C36H44N2O4. The summed E-state index contributed by atoms with van der Waals surface area (Å²) >= 11 is 0. The van der Waals surface area contributed by atoms with E-state index in [1.807, 2.05) is 19.2 Å². The van der Waals surface area contributed by atoms with Gasteiger partial charge in [-0.25, -0.2) is 4.98 Å². The Morgan fingerprint density at radius 2 is 1.83 bits per heavy atom. The molecule has 6 heteroatoms. The molecule has 1 saturated carbocycles. The van der Waals surface area contributed by atoms with Gasteiger partial charge in [-0.1, -0.05) is 43.7 Å². The van der Waals surface area contributed by atoms with Crippen LogP contribution in [-0.4, -0.2) is 40.2 Å². The van der Waals surface area contributed by atoms with Gasteiger partial charge in [0.25, 0.3) is 0 Å². The van der Waals surface area contributed by atoms with Gasteiger partial charge in [-0.2, -0.15) is 0 Å². The van der Waals surface area contributed by atoms with E-state index < -0.39 is 11.9 Å². The largest absolute Gasteiger partial charge is 0.485 e. The molecule has 1 aliphatic carbocycles. The molecule has 3 aliphatic rings. The van der Waals surface area contributed by atoms with E-state index in [0.29, 0.717) is 23.9 Å². The maximum atomic E-state index is 11.9. The van der Waals surface area contributed by atoms with Gasteiger partial charge in [0, 0.05) is 30.9 Å². The number of benzene rings is 2. The number of aromatic nitrogens is 1. The smallest absolute Gasteiger partial charge is 0.306 e. The van der Waals surface area contributed by atoms with Crippen molar-refractivity contribution in [1.82, 2.24) is 9.88 Å². The van der Waals surface area contributed by atoms with Gasteiger partial charge in [0.1, 0.15) is 11.9 Å². The summed E-state index contributed by atoms with van der Waals surface area (Å²) in [6.45, 7) is 7.45. The number of hydrogen-bond acceptors (Lipinski definition) is 5. The average molecular weight is 569 g/mol. The van der Waals surface area contributed by atoms with E-state index in [2.05, 4.69) is 66.2 Å². The second-order valence-corrected chi connectivity index (χ2v) is 12.8. The summed E-state index contributed by atoms with van der Waals surface area (Å²) in [6.07, 6.45) is 9.61. The van der Waals surface area contributed by atoms with Gasteiger partial charge in [0.2, 0.25) is 5.88 Å². The van der Waals surface area contributed by atoms with E-state index in [9.17, 15) is 9.90 Å². The van der Waals surface area contributed by atoms with E-state index in [-0.39, 0.29) is 12.0 Å². The molecule has 1 unspecified atom stereocenters. The molecule has 6 nitrogen and oxygen atoms in total. The molecule has 2 aliphatic heterocycles. The van der Waals surface area contributed by atoms with Crippen molar-refractivity contribution in [3.05, 3.63) is 77.0 Å². The molecule has 6 rings (SSSR count). The number of piperidine rings is 1. The second kappa shape index (κ2) is 12.1. The number of carbonyl (C=O) groups is 1. The predicted molar refractivity (Wildman–Crippen MR) is 165 cm³/mol. The number of nitrogens with zero attached hydrogens (tertiary/aromatic N) is 2. The lowest BCUT2D eigenvalue weighted by atomic mass is 9.82. The first-order valence-electron chi connectivity index (χ1n) is 15.7. The van der Waals surface area contributed by atoms with Crippen molar-refractivity contribution < 1.29 is 19.4 Å². The summed E-state index contributed by atoms with van der Waals surface area (Å²) in [5.74, 6) is 0.891. The van der Waals surface area contributed by atoms with Crippen molar-refractivity contribution in [1.29, 1.82) is 0 Å². The summed E-state index contributed by atoms with van der Waals surface area (Å²) in [7, 11) is 1.66. The second-order valence-electron chi connectivity index (χ2n) is 12.8. The van der Waals surface area contributed by atoms with Gasteiger partial charge in [-0.15, -0.1) is 0 Å². The lowest BCUT2D eigenvalue weighted by Crippen LogP contribution is -2.43. The zero-order valence-corrected chi connectivity index (χ0v) is 25.4. The van der Waals surface area contributed by atoms with Crippen molar-refractivity contribution in [3.63, 3.8) is 0 Å². The minimum atomic E-state index is -0.722. The van der Waals surface area contributed by atoms with Crippen LogP contribution < -0.4 is 9.47 Å². The summed E-state index contributed by atoms with van der Waals surface area (Å²) < 4.78 is 12.2. The van der Waals surface area contributed by atoms with E-state index in [1.165, 1.54) is 41.5 Å². The molecule has 2 aromatic carbocycles. The highest BCUT2D eigenvalue weighted by molar-refractivity contribution is 5.71. The number of fused-ring (bicyclic) bond motifs is 1. The van der Waals surface area contributed by atoms with E-state index in [1.54, 1.807) is 7.11 Å². The molecule has 0 bridgehead atoms. The first kappa shape index (κ1) is 28.7. The number of carboxylic acid groups (broad SMARTS) is 1. The van der Waals surface area contributed by atoms with Gasteiger partial charge >= 0.3 is 5.97 Å². The molecule has 5 atom stereocenters. The van der Waals surface area contributed by atoms with Crippen LogP contribution in [0, 0.1) is 11.8 Å². The minimum absolute atomic E-state index is 0.0357. The Bertz CT molecular complexity index is 1420. The Balaban J connectivity index is 1.32. The predicted octanol–water partition coefficient (Wildman–Crippen LogP) is 7.80. The van der Waals surface area contributed by atoms with Crippen LogP contribution in [0.1, 0.15) is 93.6 Å². The number of rotatable bonds is 9. The molecule has 2 fully saturated rings. The molecule has 0 radical (unpaired) electrons. The van der Waals surface area contributed by atoms with Crippen LogP contribution in [-0.2, 0) is 17.8 Å². The number of ether oxygens (including phenoxy) is 2. The van der Waals surface area contributed by atoms with Crippen LogP contribution >= 0.6 is 0 Å². The summed E-state index contributed by atoms with van der Waals surface area (Å²) in [5, 5.41) is 9.78. The zero-order valence-electron chi connectivity index (χ0n) is 25.4. The van der Waals surface area contributed by atoms with Gasteiger partial charge in [-0.05, 0) is 110 Å². The minimum Gasteiger partial charge on any atom is -0.485 e. The number of likely N-dealkylation sites (tertiary alicyclic amines) is 1. The zero-order chi connectivity index (χ0) is 29.4. The van der Waals surface area contributed by atoms with Crippen LogP contribution in [0.25, 0.3) is 11.1 Å². The summed E-state index contributed by atoms with van der Waals surface area (Å²) in [4.78, 5) is 18.9. The monoisotopic (exact) mass is 568 g/mol. The maximum absolute atomic E-state index is 11.9. The molecule has 0 spiro atoms. The Morgan fingerprint density at radius 3 is 2.55 bits per heavy atom. The third-order valence-corrected chi connectivity index (χ3v) is 9.96. The third kappa shape index (κ3) is 5.92. The first-order valence-corrected chi connectivity index (χ1v) is 15.7. The molecule has 1 saturated heterocycles. The van der Waals surface area contributed by atoms with E-state index >= 15 is 0 Å². The lowest BCUT2D eigenvalue weighted by Gasteiger charge is -2.39. The fourth-order valence-corrected chi connectivity index (χ4v) is 7.30. The molecular weight excluding hydrogens is 524 g/mol. The average Bonchev–Trinajstić information content (AvgIpc) is 3.84. The van der Waals surface area contributed by atoms with Gasteiger partial charge < -0.3 is 14.6 Å². The molecule has 1 N–H and O–H groups in total. The molecule has 222 valence electrons. The van der Waals surface area contributed by atoms with Crippen molar-refractivity contribution in [3.8, 4) is 22.8 Å². The van der Waals surface area contributed by atoms with Crippen molar-refractivity contribution >= 4 is 5.97 Å². The lowest BCUT2D eigenvalue weighted by molar-refractivity contribution is -0.142. The van der Waals surface area contributed by atoms with Gasteiger partial charge in [0.05, 0.1) is 13.0 Å². The Hall–Kier alpha value is -3.38. The number of pyridine rings is 1. The molecule has 0 amide bonds. The maximum Gasteiger partial charge on any atom is 0.306 e. The topological polar surface area (TPSA) is 71.9 Å². The Morgan fingerprint density at radius 1 is 1.05 bits per heavy atom. The van der Waals surface area contributed by atoms with Crippen LogP contribution in [0.15, 0.2) is 54.7 Å². The van der Waals surface area contributed by atoms with E-state index in [0.717, 1.165) is 49.1 Å². The summed E-state index contributed by atoms with van der Waals surface area (Å²) in [6, 6.07) is 18.4. The van der Waals surface area contributed by atoms with Gasteiger partial charge in [0.15, 0.2) is 0 Å². The fourth-order valence-electron chi connectivity index (χ4n) is 7.30. The molecule has 42 heavy (non-hydrogen) atoms.